The van der Waals surface area contributed by atoms with Crippen LogP contribution in [0.25, 0.3) is 0 Å². The average Bonchev–Trinajstić information content (AvgIpc) is 3.08. The van der Waals surface area contributed by atoms with Crippen molar-refractivity contribution in [2.75, 3.05) is 11.6 Å². The quantitative estimate of drug-likeness (QED) is 0.581. The van der Waals surface area contributed by atoms with Gasteiger partial charge >= 0.3 is 0 Å². The fraction of sp³-hybridized carbons (Fsp3) is 0.440. The normalized spacial score (nSPS) is 25.0. The van der Waals surface area contributed by atoms with E-state index in [1.807, 2.05) is 0 Å². The molecular weight excluding hydrogens is 376 g/mol. The molecule has 2 fully saturated rings. The van der Waals surface area contributed by atoms with E-state index in [0.717, 1.165) is 23.5 Å². The number of aliphatic imine (C=N–C) groups is 1. The molecule has 29 heavy (non-hydrogen) atoms. The molecule has 0 saturated heterocycles. The first-order chi connectivity index (χ1) is 14.1. The Kier molecular flexibility index (Phi) is 4.78. The molecule has 1 spiro atoms. The van der Waals surface area contributed by atoms with Crippen molar-refractivity contribution in [2.45, 2.75) is 56.4 Å². The lowest BCUT2D eigenvalue weighted by atomic mass is 9.65. The largest absolute Gasteiger partial charge is 0.375 e. The van der Waals surface area contributed by atoms with Gasteiger partial charge in [0.2, 0.25) is 0 Å². The molecule has 0 amide bonds. The van der Waals surface area contributed by atoms with Crippen molar-refractivity contribution < 1.29 is 4.79 Å². The Balaban J connectivity index is 1.66. The van der Waals surface area contributed by atoms with Crippen LogP contribution in [-0.4, -0.2) is 17.8 Å². The number of Topliss-reactive ketones (excluding diaryl/α,β-unsaturated/α-hetero) is 1. The molecule has 1 aliphatic heterocycles. The molecule has 3 nitrogen and oxygen atoms in total. The number of carbonyl (C=O) groups is 1. The molecule has 2 unspecified atom stereocenters. The van der Waals surface area contributed by atoms with Gasteiger partial charge in [0.05, 0.1) is 23.3 Å². The van der Waals surface area contributed by atoms with Gasteiger partial charge in [-0.05, 0) is 67.2 Å². The van der Waals surface area contributed by atoms with Crippen LogP contribution >= 0.6 is 11.8 Å². The lowest BCUT2D eigenvalue weighted by molar-refractivity contribution is -0.124. The monoisotopic (exact) mass is 404 g/mol. The molecule has 0 radical (unpaired) electrons. The van der Waals surface area contributed by atoms with Gasteiger partial charge in [0.25, 0.3) is 0 Å². The third-order valence-corrected chi connectivity index (χ3v) is 7.82. The molecule has 2 aromatic carbocycles. The van der Waals surface area contributed by atoms with E-state index in [-0.39, 0.29) is 17.4 Å². The summed E-state index contributed by atoms with van der Waals surface area (Å²) >= 11 is 1.75. The Hall–Kier alpha value is -2.07. The maximum absolute atomic E-state index is 13.6. The zero-order valence-electron chi connectivity index (χ0n) is 17.2. The van der Waals surface area contributed by atoms with Gasteiger partial charge in [0.15, 0.2) is 0 Å². The second kappa shape index (κ2) is 7.32. The summed E-state index contributed by atoms with van der Waals surface area (Å²) in [5.41, 5.74) is 5.69. The van der Waals surface area contributed by atoms with Crippen molar-refractivity contribution in [1.29, 1.82) is 0 Å². The summed E-state index contributed by atoms with van der Waals surface area (Å²) in [6.45, 7) is 2.11. The SMILES string of the molecule is CSc1ccccc1C1Nc2cc(C)ccc2N=C2CC3(CCCC3)CC(=O)C21. The van der Waals surface area contributed by atoms with Crippen molar-refractivity contribution in [3.8, 4) is 0 Å². The summed E-state index contributed by atoms with van der Waals surface area (Å²) in [4.78, 5) is 20.0. The Morgan fingerprint density at radius 1 is 1.10 bits per heavy atom. The summed E-state index contributed by atoms with van der Waals surface area (Å²) < 4.78 is 0. The average molecular weight is 405 g/mol. The molecule has 0 bridgehead atoms. The predicted octanol–water partition coefficient (Wildman–Crippen LogP) is 6.50. The number of carbonyl (C=O) groups excluding carboxylic acids is 1. The lowest BCUT2D eigenvalue weighted by Crippen LogP contribution is -2.43. The van der Waals surface area contributed by atoms with Gasteiger partial charge < -0.3 is 5.32 Å². The van der Waals surface area contributed by atoms with Crippen LogP contribution in [0, 0.1) is 18.3 Å². The molecule has 0 aromatic heterocycles. The van der Waals surface area contributed by atoms with Crippen molar-refractivity contribution in [1.82, 2.24) is 0 Å². The Morgan fingerprint density at radius 2 is 1.90 bits per heavy atom. The highest BCUT2D eigenvalue weighted by atomic mass is 32.2. The summed E-state index contributed by atoms with van der Waals surface area (Å²) in [7, 11) is 0. The third-order valence-electron chi connectivity index (χ3n) is 7.01. The molecule has 2 aliphatic carbocycles. The number of nitrogens with one attached hydrogen (secondary N) is 1. The van der Waals surface area contributed by atoms with E-state index in [1.165, 1.54) is 41.7 Å². The molecular formula is C25H28N2OS. The molecule has 150 valence electrons. The number of rotatable bonds is 2. The number of nitrogens with zero attached hydrogens (tertiary/aromatic N) is 1. The Morgan fingerprint density at radius 3 is 2.69 bits per heavy atom. The van der Waals surface area contributed by atoms with Crippen LogP contribution in [0.3, 0.4) is 0 Å². The number of fused-ring (bicyclic) bond motifs is 2. The van der Waals surface area contributed by atoms with Crippen molar-refractivity contribution >= 4 is 34.6 Å². The van der Waals surface area contributed by atoms with Gasteiger partial charge in [0.1, 0.15) is 5.78 Å². The van der Waals surface area contributed by atoms with Gasteiger partial charge in [-0.3, -0.25) is 9.79 Å². The van der Waals surface area contributed by atoms with Crippen LogP contribution in [0.5, 0.6) is 0 Å². The van der Waals surface area contributed by atoms with E-state index in [2.05, 4.69) is 61.0 Å². The molecule has 5 rings (SSSR count). The minimum absolute atomic E-state index is 0.0632. The van der Waals surface area contributed by atoms with Gasteiger partial charge in [-0.25, -0.2) is 0 Å². The van der Waals surface area contributed by atoms with Crippen molar-refractivity contribution in [3.63, 3.8) is 0 Å². The van der Waals surface area contributed by atoms with Crippen LogP contribution in [0.1, 0.15) is 55.7 Å². The molecule has 1 heterocycles. The standard InChI is InChI=1S/C25H28N2OS/c1-16-9-10-18-19(13-16)27-24(17-7-3-4-8-22(17)29-2)23-20(26-18)14-25(15-21(23)28)11-5-6-12-25/h3-4,7-10,13,23-24,27H,5-6,11-12,14-15H2,1-2H3. The molecule has 4 heteroatoms. The first-order valence-electron chi connectivity index (χ1n) is 10.7. The minimum Gasteiger partial charge on any atom is -0.375 e. The van der Waals surface area contributed by atoms with E-state index in [9.17, 15) is 4.79 Å². The van der Waals surface area contributed by atoms with Crippen LogP contribution < -0.4 is 5.32 Å². The molecule has 2 atom stereocenters. The third kappa shape index (κ3) is 3.31. The maximum atomic E-state index is 13.6. The summed E-state index contributed by atoms with van der Waals surface area (Å²) in [5, 5.41) is 3.75. The highest BCUT2D eigenvalue weighted by molar-refractivity contribution is 7.98. The zero-order chi connectivity index (χ0) is 20.0. The van der Waals surface area contributed by atoms with E-state index in [1.54, 1.807) is 11.8 Å². The second-order valence-electron chi connectivity index (χ2n) is 8.99. The maximum Gasteiger partial charge on any atom is 0.144 e. The highest BCUT2D eigenvalue weighted by Gasteiger charge is 2.48. The van der Waals surface area contributed by atoms with Gasteiger partial charge in [0, 0.05) is 17.0 Å². The van der Waals surface area contributed by atoms with Gasteiger partial charge in [-0.2, -0.15) is 0 Å². The number of anilines is 1. The zero-order valence-corrected chi connectivity index (χ0v) is 18.0. The second-order valence-corrected chi connectivity index (χ2v) is 9.84. The smallest absolute Gasteiger partial charge is 0.144 e. The number of ketones is 1. The van der Waals surface area contributed by atoms with Crippen molar-refractivity contribution in [3.05, 3.63) is 53.6 Å². The van der Waals surface area contributed by atoms with Gasteiger partial charge in [-0.15, -0.1) is 11.8 Å². The van der Waals surface area contributed by atoms with Crippen LogP contribution in [0.4, 0.5) is 11.4 Å². The van der Waals surface area contributed by atoms with E-state index in [4.69, 9.17) is 4.99 Å². The topological polar surface area (TPSA) is 41.5 Å². The van der Waals surface area contributed by atoms with Crippen LogP contribution in [0.15, 0.2) is 52.4 Å². The summed E-state index contributed by atoms with van der Waals surface area (Å²) in [6, 6.07) is 14.8. The van der Waals surface area contributed by atoms with Gasteiger partial charge in [-0.1, -0.05) is 37.1 Å². The molecule has 2 aromatic rings. The first kappa shape index (κ1) is 18.9. The fourth-order valence-corrected chi connectivity index (χ4v) is 6.28. The number of hydrogen-bond acceptors (Lipinski definition) is 4. The van der Waals surface area contributed by atoms with Crippen LogP contribution in [-0.2, 0) is 4.79 Å². The summed E-state index contributed by atoms with van der Waals surface area (Å²) in [6.07, 6.45) is 8.63. The first-order valence-corrected chi connectivity index (χ1v) is 11.9. The number of benzene rings is 2. The summed E-state index contributed by atoms with van der Waals surface area (Å²) in [5.74, 6) is 0.192. The molecule has 3 aliphatic rings. The fourth-order valence-electron chi connectivity index (χ4n) is 5.64. The van der Waals surface area contributed by atoms with E-state index in [0.29, 0.717) is 12.2 Å². The molecule has 2 saturated carbocycles. The Labute approximate surface area is 177 Å². The predicted molar refractivity (Wildman–Crippen MR) is 121 cm³/mol. The van der Waals surface area contributed by atoms with Crippen LogP contribution in [0.2, 0.25) is 0 Å². The lowest BCUT2D eigenvalue weighted by Gasteiger charge is -2.40. The van der Waals surface area contributed by atoms with Crippen molar-refractivity contribution in [2.24, 2.45) is 16.3 Å². The number of hydrogen-bond donors (Lipinski definition) is 1. The van der Waals surface area contributed by atoms with E-state index < -0.39 is 0 Å². The molecule has 1 N–H and O–H groups in total. The minimum atomic E-state index is -0.178. The van der Waals surface area contributed by atoms with E-state index >= 15 is 0 Å². The highest BCUT2D eigenvalue weighted by Crippen LogP contribution is 2.52. The number of aryl methyl sites for hydroxylation is 1. The number of thioether (sulfide) groups is 1. The Bertz CT molecular complexity index is 990.